The zero-order chi connectivity index (χ0) is 45.8. The van der Waals surface area contributed by atoms with E-state index in [0.717, 1.165) is 57.8 Å². The molecule has 6 nitrogen and oxygen atoms in total. The van der Waals surface area contributed by atoms with Crippen LogP contribution in [0.25, 0.3) is 0 Å². The summed E-state index contributed by atoms with van der Waals surface area (Å²) in [5, 5.41) is 23.1. The molecule has 0 aliphatic rings. The first kappa shape index (κ1) is 61.6. The lowest BCUT2D eigenvalue weighted by molar-refractivity contribution is -0.143. The number of unbranched alkanes of at least 4 members (excludes halogenated alkanes) is 42. The monoisotopic (exact) mass is 890 g/mol. The highest BCUT2D eigenvalue weighted by Gasteiger charge is 2.18. The summed E-state index contributed by atoms with van der Waals surface area (Å²) < 4.78 is 5.46. The van der Waals surface area contributed by atoms with Gasteiger partial charge in [-0.15, -0.1) is 0 Å². The average molecular weight is 891 g/mol. The van der Waals surface area contributed by atoms with Crippen molar-refractivity contribution in [1.82, 2.24) is 5.32 Å². The molecule has 0 rings (SSSR count). The van der Waals surface area contributed by atoms with Crippen LogP contribution in [-0.4, -0.2) is 47.4 Å². The Balaban J connectivity index is 3.50. The Morgan fingerprint density at radius 2 is 0.730 bits per heavy atom. The molecule has 6 heteroatoms. The van der Waals surface area contributed by atoms with Crippen LogP contribution in [0.5, 0.6) is 0 Å². The summed E-state index contributed by atoms with van der Waals surface area (Å²) in [7, 11) is 0. The van der Waals surface area contributed by atoms with Crippen molar-refractivity contribution >= 4 is 11.9 Å². The quantitative estimate of drug-likeness (QED) is 0.0321. The van der Waals surface area contributed by atoms with Gasteiger partial charge in [0.2, 0.25) is 5.91 Å². The molecule has 0 radical (unpaired) electrons. The topological polar surface area (TPSA) is 95.9 Å². The van der Waals surface area contributed by atoms with E-state index in [0.29, 0.717) is 19.4 Å². The lowest BCUT2D eigenvalue weighted by Crippen LogP contribution is -2.45. The first-order valence-electron chi connectivity index (χ1n) is 28.5. The molecule has 0 aromatic rings. The first-order valence-corrected chi connectivity index (χ1v) is 28.5. The van der Waals surface area contributed by atoms with E-state index >= 15 is 0 Å². The molecular weight excluding hydrogens is 779 g/mol. The number of carbonyl (C=O) groups excluding carboxylic acids is 2. The van der Waals surface area contributed by atoms with Gasteiger partial charge >= 0.3 is 5.97 Å². The molecule has 0 aliphatic carbocycles. The first-order chi connectivity index (χ1) is 31.0. The number of amides is 1. The maximum Gasteiger partial charge on any atom is 0.305 e. The molecule has 3 N–H and O–H groups in total. The van der Waals surface area contributed by atoms with Crippen LogP contribution in [-0.2, 0) is 14.3 Å². The molecule has 0 aliphatic heterocycles. The second-order valence-corrected chi connectivity index (χ2v) is 19.6. The SMILES string of the molecule is CCCCCCCCCCCCCCCCCCCCC/C=C/C(O)C(CO)NC(=O)CCCCCCCCCCCOC(=O)CCCCCCCCCCCCCCCCCC. The number of allylic oxidation sites excluding steroid dienone is 1. The smallest absolute Gasteiger partial charge is 0.305 e. The van der Waals surface area contributed by atoms with Crippen molar-refractivity contribution in [3.05, 3.63) is 12.2 Å². The van der Waals surface area contributed by atoms with Gasteiger partial charge in [0.15, 0.2) is 0 Å². The van der Waals surface area contributed by atoms with Gasteiger partial charge in [-0.25, -0.2) is 0 Å². The summed E-state index contributed by atoms with van der Waals surface area (Å²) in [5.41, 5.74) is 0. The van der Waals surface area contributed by atoms with Crippen LogP contribution in [0.4, 0.5) is 0 Å². The fourth-order valence-electron chi connectivity index (χ4n) is 8.93. The third-order valence-electron chi connectivity index (χ3n) is 13.3. The Morgan fingerprint density at radius 1 is 0.429 bits per heavy atom. The second kappa shape index (κ2) is 53.2. The van der Waals surface area contributed by atoms with Crippen LogP contribution in [0.2, 0.25) is 0 Å². The molecule has 0 bridgehead atoms. The molecule has 0 saturated carbocycles. The minimum atomic E-state index is -0.861. The second-order valence-electron chi connectivity index (χ2n) is 19.6. The van der Waals surface area contributed by atoms with Crippen LogP contribution in [0.3, 0.4) is 0 Å². The number of aliphatic hydroxyl groups is 2. The van der Waals surface area contributed by atoms with Crippen LogP contribution >= 0.6 is 0 Å². The summed E-state index contributed by atoms with van der Waals surface area (Å²) in [6.45, 7) is 4.87. The predicted octanol–water partition coefficient (Wildman–Crippen LogP) is 17.3. The number of esters is 1. The number of nitrogens with one attached hydrogen (secondary N) is 1. The van der Waals surface area contributed by atoms with Crippen molar-refractivity contribution < 1.29 is 24.5 Å². The highest BCUT2D eigenvalue weighted by molar-refractivity contribution is 5.76. The number of carbonyl (C=O) groups is 2. The molecule has 0 fully saturated rings. The number of hydrogen-bond donors (Lipinski definition) is 3. The van der Waals surface area contributed by atoms with E-state index in [9.17, 15) is 19.8 Å². The summed E-state index contributed by atoms with van der Waals surface area (Å²) >= 11 is 0. The standard InChI is InChI=1S/C57H111NO5/c1-3-5-7-9-11-13-15-17-19-21-22-23-24-25-26-28-30-33-37-41-45-49-55(60)54(53-59)58-56(61)50-46-42-38-34-32-36-40-44-48-52-63-57(62)51-47-43-39-35-31-29-27-20-18-16-14-12-10-8-6-4-2/h45,49,54-55,59-60H,3-44,46-48,50-53H2,1-2H3,(H,58,61)/b49-45+. The molecule has 0 saturated heterocycles. The van der Waals surface area contributed by atoms with Crippen molar-refractivity contribution in [3.63, 3.8) is 0 Å². The van der Waals surface area contributed by atoms with Gasteiger partial charge in [-0.1, -0.05) is 283 Å². The van der Waals surface area contributed by atoms with Gasteiger partial charge in [-0.05, 0) is 32.1 Å². The maximum absolute atomic E-state index is 12.5. The summed E-state index contributed by atoms with van der Waals surface area (Å²) in [5.74, 6) is -0.115. The molecule has 2 unspecified atom stereocenters. The zero-order valence-corrected chi connectivity index (χ0v) is 42.6. The normalized spacial score (nSPS) is 12.6. The van der Waals surface area contributed by atoms with Crippen LogP contribution in [0, 0.1) is 0 Å². The van der Waals surface area contributed by atoms with Crippen molar-refractivity contribution in [2.75, 3.05) is 13.2 Å². The van der Waals surface area contributed by atoms with Gasteiger partial charge in [-0.2, -0.15) is 0 Å². The van der Waals surface area contributed by atoms with Gasteiger partial charge < -0.3 is 20.3 Å². The van der Waals surface area contributed by atoms with E-state index in [-0.39, 0.29) is 18.5 Å². The molecule has 0 aromatic heterocycles. The third-order valence-corrected chi connectivity index (χ3v) is 13.3. The van der Waals surface area contributed by atoms with E-state index in [1.807, 2.05) is 6.08 Å². The fraction of sp³-hybridized carbons (Fsp3) is 0.930. The maximum atomic E-state index is 12.5. The summed E-state index contributed by atoms with van der Waals surface area (Å²) in [4.78, 5) is 24.5. The lowest BCUT2D eigenvalue weighted by atomic mass is 10.0. The number of hydrogen-bond acceptors (Lipinski definition) is 5. The highest BCUT2D eigenvalue weighted by Crippen LogP contribution is 2.17. The summed E-state index contributed by atoms with van der Waals surface area (Å²) in [6, 6.07) is -0.647. The van der Waals surface area contributed by atoms with Gasteiger partial charge in [0.05, 0.1) is 25.4 Å². The largest absolute Gasteiger partial charge is 0.466 e. The van der Waals surface area contributed by atoms with Gasteiger partial charge in [0.1, 0.15) is 0 Å². The Morgan fingerprint density at radius 3 is 1.08 bits per heavy atom. The fourth-order valence-corrected chi connectivity index (χ4v) is 8.93. The van der Waals surface area contributed by atoms with E-state index in [1.165, 1.54) is 231 Å². The van der Waals surface area contributed by atoms with E-state index in [2.05, 4.69) is 19.2 Å². The number of aliphatic hydroxyl groups excluding tert-OH is 2. The predicted molar refractivity (Wildman–Crippen MR) is 273 cm³/mol. The van der Waals surface area contributed by atoms with Crippen LogP contribution < -0.4 is 5.32 Å². The Labute approximate surface area is 393 Å². The number of ether oxygens (including phenoxy) is 1. The lowest BCUT2D eigenvalue weighted by Gasteiger charge is -2.20. The molecule has 0 heterocycles. The third kappa shape index (κ3) is 49.9. The molecule has 0 aromatic carbocycles. The Hall–Kier alpha value is -1.40. The van der Waals surface area contributed by atoms with Crippen molar-refractivity contribution in [3.8, 4) is 0 Å². The molecule has 1 amide bonds. The minimum absolute atomic E-state index is 0.0229. The van der Waals surface area contributed by atoms with Crippen LogP contribution in [0.1, 0.15) is 316 Å². The molecular formula is C57H111NO5. The van der Waals surface area contributed by atoms with Crippen molar-refractivity contribution in [1.29, 1.82) is 0 Å². The Bertz CT molecular complexity index is 939. The Kier molecular flexibility index (Phi) is 52.0. The van der Waals surface area contributed by atoms with E-state index in [4.69, 9.17) is 4.74 Å². The van der Waals surface area contributed by atoms with Crippen LogP contribution in [0.15, 0.2) is 12.2 Å². The molecule has 63 heavy (non-hydrogen) atoms. The van der Waals surface area contributed by atoms with Gasteiger partial charge in [0.25, 0.3) is 0 Å². The van der Waals surface area contributed by atoms with Crippen molar-refractivity contribution in [2.45, 2.75) is 328 Å². The van der Waals surface area contributed by atoms with Gasteiger partial charge in [-0.3, -0.25) is 9.59 Å². The number of rotatable bonds is 53. The molecule has 2 atom stereocenters. The molecule has 0 spiro atoms. The minimum Gasteiger partial charge on any atom is -0.466 e. The van der Waals surface area contributed by atoms with Crippen molar-refractivity contribution in [2.24, 2.45) is 0 Å². The zero-order valence-electron chi connectivity index (χ0n) is 42.6. The highest BCUT2D eigenvalue weighted by atomic mass is 16.5. The molecule has 374 valence electrons. The average Bonchev–Trinajstić information content (AvgIpc) is 3.28. The van der Waals surface area contributed by atoms with Gasteiger partial charge in [0, 0.05) is 12.8 Å². The summed E-state index contributed by atoms with van der Waals surface area (Å²) in [6.07, 6.45) is 62.3. The van der Waals surface area contributed by atoms with E-state index < -0.39 is 12.1 Å². The van der Waals surface area contributed by atoms with E-state index in [1.54, 1.807) is 6.08 Å².